The number of benzene rings is 1. The quantitative estimate of drug-likeness (QED) is 0.800. The van der Waals surface area contributed by atoms with Gasteiger partial charge in [0.15, 0.2) is 6.10 Å². The molecule has 0 radical (unpaired) electrons. The number of carbonyl (C=O) groups excluding carboxylic acids is 1. The number of hydrogen-bond donors (Lipinski definition) is 1. The Hall–Kier alpha value is -1.60. The summed E-state index contributed by atoms with van der Waals surface area (Å²) in [7, 11) is -1.90. The second-order valence-corrected chi connectivity index (χ2v) is 6.20. The molecule has 19 heavy (non-hydrogen) atoms. The zero-order chi connectivity index (χ0) is 14.0. The number of nitrogens with one attached hydrogen (secondary N) is 1. The van der Waals surface area contributed by atoms with Crippen LogP contribution in [0.1, 0.15) is 11.1 Å². The van der Waals surface area contributed by atoms with Gasteiger partial charge in [0.25, 0.3) is 0 Å². The monoisotopic (exact) mass is 285 g/mol. The Morgan fingerprint density at radius 3 is 2.89 bits per heavy atom. The Morgan fingerprint density at radius 2 is 2.26 bits per heavy atom. The van der Waals surface area contributed by atoms with Crippen molar-refractivity contribution in [2.24, 2.45) is 0 Å². The second-order valence-electron chi connectivity index (χ2n) is 4.37. The van der Waals surface area contributed by atoms with Gasteiger partial charge in [-0.2, -0.15) is 0 Å². The highest BCUT2D eigenvalue weighted by Gasteiger charge is 2.29. The van der Waals surface area contributed by atoms with Gasteiger partial charge in [-0.1, -0.05) is 12.1 Å². The molecule has 0 saturated heterocycles. The molecule has 104 valence electrons. The van der Waals surface area contributed by atoms with E-state index in [9.17, 15) is 13.2 Å². The first-order chi connectivity index (χ1) is 8.89. The van der Waals surface area contributed by atoms with E-state index in [1.807, 2.05) is 6.07 Å². The lowest BCUT2D eigenvalue weighted by atomic mass is 10.1. The molecule has 0 bridgehead atoms. The number of rotatable bonds is 4. The van der Waals surface area contributed by atoms with Crippen LogP contribution in [0.3, 0.4) is 0 Å². The van der Waals surface area contributed by atoms with Gasteiger partial charge in [-0.25, -0.2) is 17.9 Å². The SMILES string of the molecule is COC(=O)C1Cc2cc(CNS(C)(=O)=O)ccc2O1. The topological polar surface area (TPSA) is 81.7 Å². The maximum Gasteiger partial charge on any atom is 0.347 e. The molecule has 1 heterocycles. The highest BCUT2D eigenvalue weighted by atomic mass is 32.2. The zero-order valence-corrected chi connectivity index (χ0v) is 11.5. The van der Waals surface area contributed by atoms with Crippen molar-refractivity contribution in [2.75, 3.05) is 13.4 Å². The van der Waals surface area contributed by atoms with Crippen LogP contribution in [-0.2, 0) is 32.5 Å². The number of esters is 1. The third kappa shape index (κ3) is 3.45. The lowest BCUT2D eigenvalue weighted by Gasteiger charge is -2.07. The molecule has 0 aromatic heterocycles. The van der Waals surface area contributed by atoms with E-state index < -0.39 is 22.1 Å². The van der Waals surface area contributed by atoms with Crippen molar-refractivity contribution < 1.29 is 22.7 Å². The van der Waals surface area contributed by atoms with E-state index >= 15 is 0 Å². The lowest BCUT2D eigenvalue weighted by molar-refractivity contribution is -0.147. The van der Waals surface area contributed by atoms with Gasteiger partial charge in [0.1, 0.15) is 5.75 Å². The van der Waals surface area contributed by atoms with E-state index in [1.54, 1.807) is 12.1 Å². The van der Waals surface area contributed by atoms with E-state index in [0.717, 1.165) is 17.4 Å². The lowest BCUT2D eigenvalue weighted by Crippen LogP contribution is -2.26. The summed E-state index contributed by atoms with van der Waals surface area (Å²) in [5.41, 5.74) is 1.70. The van der Waals surface area contributed by atoms with Gasteiger partial charge in [0, 0.05) is 13.0 Å². The first-order valence-corrected chi connectivity index (χ1v) is 7.59. The zero-order valence-electron chi connectivity index (χ0n) is 10.7. The molecule has 7 heteroatoms. The number of carbonyl (C=O) groups is 1. The van der Waals surface area contributed by atoms with Crippen LogP contribution >= 0.6 is 0 Å². The van der Waals surface area contributed by atoms with Crippen molar-refractivity contribution in [3.63, 3.8) is 0 Å². The Bertz CT molecular complexity index is 596. The van der Waals surface area contributed by atoms with Gasteiger partial charge in [0.05, 0.1) is 13.4 Å². The summed E-state index contributed by atoms with van der Waals surface area (Å²) in [6, 6.07) is 5.32. The number of ether oxygens (including phenoxy) is 2. The fourth-order valence-corrected chi connectivity index (χ4v) is 2.32. The summed E-state index contributed by atoms with van der Waals surface area (Å²) < 4.78 is 34.5. The van der Waals surface area contributed by atoms with Gasteiger partial charge < -0.3 is 9.47 Å². The molecule has 1 aliphatic heterocycles. The van der Waals surface area contributed by atoms with Crippen LogP contribution in [0, 0.1) is 0 Å². The summed E-state index contributed by atoms with van der Waals surface area (Å²) in [5.74, 6) is 0.227. The molecule has 0 aliphatic carbocycles. The fraction of sp³-hybridized carbons (Fsp3) is 0.417. The number of fused-ring (bicyclic) bond motifs is 1. The molecule has 1 aromatic rings. The average Bonchev–Trinajstić information content (AvgIpc) is 2.77. The minimum absolute atomic E-state index is 0.217. The summed E-state index contributed by atoms with van der Waals surface area (Å²) in [5, 5.41) is 0. The normalized spacial score (nSPS) is 17.7. The second kappa shape index (κ2) is 5.18. The van der Waals surface area contributed by atoms with Gasteiger partial charge in [-0.05, 0) is 17.2 Å². The maximum atomic E-state index is 11.4. The Kier molecular flexibility index (Phi) is 3.77. The van der Waals surface area contributed by atoms with Gasteiger partial charge in [-0.15, -0.1) is 0 Å². The van der Waals surface area contributed by atoms with Crippen LogP contribution < -0.4 is 9.46 Å². The maximum absolute atomic E-state index is 11.4. The van der Waals surface area contributed by atoms with Crippen LogP contribution in [0.15, 0.2) is 18.2 Å². The van der Waals surface area contributed by atoms with Crippen molar-refractivity contribution in [1.82, 2.24) is 4.72 Å². The fourth-order valence-electron chi connectivity index (χ4n) is 1.89. The van der Waals surface area contributed by atoms with Gasteiger partial charge in [0.2, 0.25) is 10.0 Å². The minimum Gasteiger partial charge on any atom is -0.478 e. The van der Waals surface area contributed by atoms with Crippen LogP contribution in [0.2, 0.25) is 0 Å². The molecule has 0 fully saturated rings. The molecule has 1 N–H and O–H groups in total. The average molecular weight is 285 g/mol. The number of hydrogen-bond acceptors (Lipinski definition) is 5. The predicted octanol–water partition coefficient (Wildman–Crippen LogP) is 0.212. The third-order valence-corrected chi connectivity index (χ3v) is 3.47. The summed E-state index contributed by atoms with van der Waals surface area (Å²) >= 11 is 0. The standard InChI is InChI=1S/C12H15NO5S/c1-17-12(14)11-6-9-5-8(3-4-10(9)18-11)7-13-19(2,15)16/h3-5,11,13H,6-7H2,1-2H3. The Labute approximate surface area is 111 Å². The summed E-state index contributed by atoms with van der Waals surface area (Å²) in [6.07, 6.45) is 0.934. The molecule has 6 nitrogen and oxygen atoms in total. The first kappa shape index (κ1) is 13.8. The molecule has 1 unspecified atom stereocenters. The Morgan fingerprint density at radius 1 is 1.53 bits per heavy atom. The van der Waals surface area contributed by atoms with Crippen molar-refractivity contribution >= 4 is 16.0 Å². The van der Waals surface area contributed by atoms with Crippen molar-refractivity contribution in [2.45, 2.75) is 19.1 Å². The third-order valence-electron chi connectivity index (χ3n) is 2.80. The molecule has 1 aliphatic rings. The molecule has 1 aromatic carbocycles. The largest absolute Gasteiger partial charge is 0.478 e. The molecule has 0 saturated carbocycles. The number of methoxy groups -OCH3 is 1. The molecular weight excluding hydrogens is 270 g/mol. The van der Waals surface area contributed by atoms with E-state index in [0.29, 0.717) is 12.2 Å². The smallest absolute Gasteiger partial charge is 0.347 e. The van der Waals surface area contributed by atoms with Crippen LogP contribution in [-0.4, -0.2) is 33.9 Å². The predicted molar refractivity (Wildman–Crippen MR) is 68.3 cm³/mol. The van der Waals surface area contributed by atoms with Crippen LogP contribution in [0.5, 0.6) is 5.75 Å². The van der Waals surface area contributed by atoms with Gasteiger partial charge in [-0.3, -0.25) is 0 Å². The molecular formula is C12H15NO5S. The molecule has 2 rings (SSSR count). The van der Waals surface area contributed by atoms with E-state index in [4.69, 9.17) is 4.74 Å². The highest BCUT2D eigenvalue weighted by Crippen LogP contribution is 2.30. The first-order valence-electron chi connectivity index (χ1n) is 5.70. The molecule has 0 amide bonds. The highest BCUT2D eigenvalue weighted by molar-refractivity contribution is 7.88. The number of sulfonamides is 1. The summed E-state index contributed by atoms with van der Waals surface area (Å²) in [4.78, 5) is 11.4. The minimum atomic E-state index is -3.22. The van der Waals surface area contributed by atoms with Crippen LogP contribution in [0.25, 0.3) is 0 Å². The van der Waals surface area contributed by atoms with E-state index in [1.165, 1.54) is 7.11 Å². The van der Waals surface area contributed by atoms with Gasteiger partial charge >= 0.3 is 5.97 Å². The molecule has 0 spiro atoms. The van der Waals surface area contributed by atoms with E-state index in [2.05, 4.69) is 9.46 Å². The molecule has 1 atom stereocenters. The summed E-state index contributed by atoms with van der Waals surface area (Å²) in [6.45, 7) is 0.217. The Balaban J connectivity index is 2.09. The van der Waals surface area contributed by atoms with E-state index in [-0.39, 0.29) is 6.54 Å². The van der Waals surface area contributed by atoms with Crippen LogP contribution in [0.4, 0.5) is 0 Å². The van der Waals surface area contributed by atoms with Crippen molar-refractivity contribution in [1.29, 1.82) is 0 Å². The van der Waals surface area contributed by atoms with Crippen molar-refractivity contribution in [3.8, 4) is 5.75 Å². The van der Waals surface area contributed by atoms with Crippen molar-refractivity contribution in [3.05, 3.63) is 29.3 Å².